The first-order valence-corrected chi connectivity index (χ1v) is 4.93. The van der Waals surface area contributed by atoms with Gasteiger partial charge in [0.15, 0.2) is 0 Å². The van der Waals surface area contributed by atoms with E-state index in [0.29, 0.717) is 0 Å². The molecule has 0 aliphatic carbocycles. The molecule has 86 valence electrons. The second kappa shape index (κ2) is 5.56. The number of hydrogen-bond acceptors (Lipinski definition) is 4. The van der Waals surface area contributed by atoms with E-state index in [9.17, 15) is 10.1 Å². The first-order valence-electron chi connectivity index (χ1n) is 4.93. The summed E-state index contributed by atoms with van der Waals surface area (Å²) in [6.07, 6.45) is -0.601. The number of hydrazine groups is 1. The third-order valence-electron chi connectivity index (χ3n) is 2.56. The molecule has 15 heavy (non-hydrogen) atoms. The zero-order chi connectivity index (χ0) is 12.1. The monoisotopic (exact) mass is 213 g/mol. The predicted octanol–water partition coefficient (Wildman–Crippen LogP) is 1.42. The first kappa shape index (κ1) is 13.7. The summed E-state index contributed by atoms with van der Waals surface area (Å²) in [5.41, 5.74) is 4.32. The lowest BCUT2D eigenvalue weighted by Gasteiger charge is -2.35. The van der Waals surface area contributed by atoms with Gasteiger partial charge in [-0.1, -0.05) is 27.7 Å². The molecule has 0 aromatic rings. The summed E-state index contributed by atoms with van der Waals surface area (Å²) in [7, 11) is 1.27. The number of nitrogens with zero attached hydrogens (tertiary/aromatic N) is 1. The molecular weight excluding hydrogens is 194 g/mol. The molecule has 0 saturated heterocycles. The summed E-state index contributed by atoms with van der Waals surface area (Å²) in [5, 5.41) is 9.20. The molecule has 0 fully saturated rings. The van der Waals surface area contributed by atoms with Crippen molar-refractivity contribution in [2.75, 3.05) is 7.11 Å². The van der Waals surface area contributed by atoms with Gasteiger partial charge in [-0.05, 0) is 11.8 Å². The van der Waals surface area contributed by atoms with E-state index in [1.54, 1.807) is 0 Å². The van der Waals surface area contributed by atoms with Crippen molar-refractivity contribution >= 4 is 6.09 Å². The Morgan fingerprint density at radius 1 is 1.33 bits per heavy atom. The summed E-state index contributed by atoms with van der Waals surface area (Å²) in [6, 6.07) is 2.21. The molecule has 0 aromatic carbocycles. The molecule has 0 aliphatic rings. The molecule has 0 heterocycles. The maximum absolute atomic E-state index is 10.9. The number of carbonyl (C=O) groups is 1. The fourth-order valence-corrected chi connectivity index (χ4v) is 1.45. The molecule has 0 bridgehead atoms. The van der Waals surface area contributed by atoms with Crippen LogP contribution in [0.3, 0.4) is 0 Å². The van der Waals surface area contributed by atoms with Crippen LogP contribution in [0.25, 0.3) is 0 Å². The SMILES string of the molecule is COC(=O)NNC(C#N)(C(C)C)C(C)C. The van der Waals surface area contributed by atoms with Crippen molar-refractivity contribution in [1.29, 1.82) is 5.26 Å². The Balaban J connectivity index is 4.66. The summed E-state index contributed by atoms with van der Waals surface area (Å²) < 4.78 is 4.43. The van der Waals surface area contributed by atoms with Gasteiger partial charge in [0, 0.05) is 0 Å². The van der Waals surface area contributed by atoms with E-state index in [1.807, 2.05) is 27.7 Å². The van der Waals surface area contributed by atoms with Gasteiger partial charge in [-0.3, -0.25) is 5.43 Å². The van der Waals surface area contributed by atoms with E-state index >= 15 is 0 Å². The third-order valence-corrected chi connectivity index (χ3v) is 2.56. The largest absolute Gasteiger partial charge is 0.452 e. The van der Waals surface area contributed by atoms with E-state index in [2.05, 4.69) is 21.7 Å². The van der Waals surface area contributed by atoms with Gasteiger partial charge >= 0.3 is 6.09 Å². The molecule has 0 spiro atoms. The molecule has 0 saturated carbocycles. The van der Waals surface area contributed by atoms with Crippen LogP contribution in [-0.4, -0.2) is 18.7 Å². The summed E-state index contributed by atoms with van der Waals surface area (Å²) in [4.78, 5) is 10.9. The molecule has 5 nitrogen and oxygen atoms in total. The Labute approximate surface area is 90.8 Å². The van der Waals surface area contributed by atoms with Crippen LogP contribution < -0.4 is 10.9 Å². The Kier molecular flexibility index (Phi) is 5.09. The fraction of sp³-hybridized carbons (Fsp3) is 0.800. The van der Waals surface area contributed by atoms with Gasteiger partial charge in [-0.2, -0.15) is 5.26 Å². The maximum Gasteiger partial charge on any atom is 0.421 e. The van der Waals surface area contributed by atoms with Crippen LogP contribution in [0.2, 0.25) is 0 Å². The zero-order valence-corrected chi connectivity index (χ0v) is 9.92. The van der Waals surface area contributed by atoms with Gasteiger partial charge in [0.1, 0.15) is 5.54 Å². The summed E-state index contributed by atoms with van der Waals surface area (Å²) >= 11 is 0. The van der Waals surface area contributed by atoms with Crippen molar-refractivity contribution in [3.8, 4) is 6.07 Å². The van der Waals surface area contributed by atoms with E-state index in [4.69, 9.17) is 0 Å². The van der Waals surface area contributed by atoms with Crippen molar-refractivity contribution in [3.63, 3.8) is 0 Å². The van der Waals surface area contributed by atoms with Crippen LogP contribution in [0.5, 0.6) is 0 Å². The Bertz CT molecular complexity index is 248. The van der Waals surface area contributed by atoms with Crippen LogP contribution in [0, 0.1) is 23.2 Å². The van der Waals surface area contributed by atoms with Crippen molar-refractivity contribution < 1.29 is 9.53 Å². The van der Waals surface area contributed by atoms with Gasteiger partial charge < -0.3 is 4.74 Å². The van der Waals surface area contributed by atoms with E-state index < -0.39 is 11.6 Å². The molecule has 0 aromatic heterocycles. The molecule has 0 radical (unpaired) electrons. The van der Waals surface area contributed by atoms with Crippen LogP contribution in [0.15, 0.2) is 0 Å². The Morgan fingerprint density at radius 3 is 2.07 bits per heavy atom. The lowest BCUT2D eigenvalue weighted by atomic mass is 9.79. The minimum absolute atomic E-state index is 0.0691. The van der Waals surface area contributed by atoms with Crippen molar-refractivity contribution in [3.05, 3.63) is 0 Å². The fourth-order valence-electron chi connectivity index (χ4n) is 1.45. The van der Waals surface area contributed by atoms with E-state index in [1.165, 1.54) is 7.11 Å². The average molecular weight is 213 g/mol. The van der Waals surface area contributed by atoms with Gasteiger partial charge in [-0.15, -0.1) is 0 Å². The minimum atomic E-state index is -0.784. The normalized spacial score (nSPS) is 11.3. The second-order valence-electron chi connectivity index (χ2n) is 4.03. The molecule has 5 heteroatoms. The lowest BCUT2D eigenvalue weighted by Crippen LogP contribution is -2.59. The zero-order valence-electron chi connectivity index (χ0n) is 9.92. The molecule has 2 N–H and O–H groups in total. The number of nitrogens with one attached hydrogen (secondary N) is 2. The van der Waals surface area contributed by atoms with Gasteiger partial charge in [0.2, 0.25) is 0 Å². The van der Waals surface area contributed by atoms with E-state index in [-0.39, 0.29) is 11.8 Å². The minimum Gasteiger partial charge on any atom is -0.452 e. The highest BCUT2D eigenvalue weighted by molar-refractivity contribution is 5.66. The van der Waals surface area contributed by atoms with Crippen molar-refractivity contribution in [2.45, 2.75) is 33.2 Å². The number of nitriles is 1. The number of methoxy groups -OCH3 is 1. The molecule has 0 aliphatic heterocycles. The highest BCUT2D eigenvalue weighted by atomic mass is 16.5. The number of amides is 1. The van der Waals surface area contributed by atoms with Gasteiger partial charge in [0.05, 0.1) is 13.2 Å². The van der Waals surface area contributed by atoms with Gasteiger partial charge in [-0.25, -0.2) is 10.2 Å². The Morgan fingerprint density at radius 2 is 1.80 bits per heavy atom. The third kappa shape index (κ3) is 3.10. The predicted molar refractivity (Wildman–Crippen MR) is 56.7 cm³/mol. The number of carbonyl (C=O) groups excluding carboxylic acids is 1. The molecular formula is C10H19N3O2. The van der Waals surface area contributed by atoms with E-state index in [0.717, 1.165) is 0 Å². The van der Waals surface area contributed by atoms with Gasteiger partial charge in [0.25, 0.3) is 0 Å². The standard InChI is InChI=1S/C10H19N3O2/c1-7(2)10(6-11,8(3)4)13-12-9(14)15-5/h7-8,13H,1-5H3,(H,12,14). The summed E-state index contributed by atoms with van der Waals surface area (Å²) in [5.74, 6) is 0.138. The highest BCUT2D eigenvalue weighted by Gasteiger charge is 2.37. The second-order valence-corrected chi connectivity index (χ2v) is 4.03. The molecule has 0 atom stereocenters. The van der Waals surface area contributed by atoms with Crippen molar-refractivity contribution in [1.82, 2.24) is 10.9 Å². The molecule has 1 amide bonds. The van der Waals surface area contributed by atoms with Crippen LogP contribution in [0.4, 0.5) is 4.79 Å². The smallest absolute Gasteiger partial charge is 0.421 e. The van der Waals surface area contributed by atoms with Crippen LogP contribution in [0.1, 0.15) is 27.7 Å². The quantitative estimate of drug-likeness (QED) is 0.693. The maximum atomic E-state index is 10.9. The number of hydrogen-bond donors (Lipinski definition) is 2. The van der Waals surface area contributed by atoms with Crippen molar-refractivity contribution in [2.24, 2.45) is 11.8 Å². The average Bonchev–Trinajstić information content (AvgIpc) is 2.18. The summed E-state index contributed by atoms with van der Waals surface area (Å²) in [6.45, 7) is 7.70. The Hall–Kier alpha value is -1.28. The highest BCUT2D eigenvalue weighted by Crippen LogP contribution is 2.24. The first-order chi connectivity index (χ1) is 6.90. The number of rotatable bonds is 4. The molecule has 0 unspecified atom stereocenters. The lowest BCUT2D eigenvalue weighted by molar-refractivity contribution is 0.145. The number of ether oxygens (including phenoxy) is 1. The topological polar surface area (TPSA) is 74.2 Å². The molecule has 0 rings (SSSR count). The van der Waals surface area contributed by atoms with Crippen LogP contribution in [-0.2, 0) is 4.74 Å². The van der Waals surface area contributed by atoms with Crippen LogP contribution >= 0.6 is 0 Å².